The molecule has 0 N–H and O–H groups in total. The monoisotopic (exact) mass is 244 g/mol. The van der Waals surface area contributed by atoms with Gasteiger partial charge in [0, 0.05) is 12.8 Å². The zero-order valence-electron chi connectivity index (χ0n) is 9.76. The lowest BCUT2D eigenvalue weighted by Crippen LogP contribution is -2.33. The van der Waals surface area contributed by atoms with E-state index in [-0.39, 0.29) is 37.8 Å². The van der Waals surface area contributed by atoms with E-state index in [1.165, 1.54) is 4.90 Å². The molecule has 5 heteroatoms. The van der Waals surface area contributed by atoms with Crippen LogP contribution in [-0.2, 0) is 9.59 Å². The van der Waals surface area contributed by atoms with Gasteiger partial charge in [-0.3, -0.25) is 14.5 Å². The van der Waals surface area contributed by atoms with Crippen LogP contribution in [0, 0.1) is 11.3 Å². The molecule has 1 heterocycles. The topological polar surface area (TPSA) is 70.4 Å². The van der Waals surface area contributed by atoms with Gasteiger partial charge in [-0.15, -0.1) is 0 Å². The molecule has 1 aromatic rings. The van der Waals surface area contributed by atoms with Gasteiger partial charge in [0.05, 0.1) is 12.1 Å². The van der Waals surface area contributed by atoms with Crippen LogP contribution in [0.5, 0.6) is 5.75 Å². The highest BCUT2D eigenvalue weighted by molar-refractivity contribution is 6.01. The molecule has 0 spiro atoms. The number of imide groups is 1. The van der Waals surface area contributed by atoms with Crippen LogP contribution in [0.2, 0.25) is 0 Å². The Hall–Kier alpha value is -2.35. The first kappa shape index (κ1) is 12.1. The Labute approximate surface area is 105 Å². The van der Waals surface area contributed by atoms with Gasteiger partial charge in [-0.05, 0) is 12.1 Å². The molecule has 0 aliphatic carbocycles. The summed E-state index contributed by atoms with van der Waals surface area (Å²) in [6.07, 6.45) is 0.571. The fraction of sp³-hybridized carbons (Fsp3) is 0.308. The number of likely N-dealkylation sites (tertiary alicyclic amines) is 1. The van der Waals surface area contributed by atoms with Crippen molar-refractivity contribution in [3.8, 4) is 11.8 Å². The average molecular weight is 244 g/mol. The van der Waals surface area contributed by atoms with Crippen LogP contribution in [0.15, 0.2) is 24.3 Å². The van der Waals surface area contributed by atoms with Gasteiger partial charge in [-0.2, -0.15) is 5.26 Å². The molecule has 0 bridgehead atoms. The van der Waals surface area contributed by atoms with Crippen LogP contribution < -0.4 is 4.74 Å². The maximum atomic E-state index is 11.3. The Bertz CT molecular complexity index is 503. The van der Waals surface area contributed by atoms with Crippen molar-refractivity contribution >= 4 is 11.8 Å². The molecule has 1 aliphatic rings. The van der Waals surface area contributed by atoms with E-state index in [4.69, 9.17) is 10.00 Å². The van der Waals surface area contributed by atoms with Gasteiger partial charge >= 0.3 is 0 Å². The molecule has 0 atom stereocenters. The minimum atomic E-state index is -0.155. The second kappa shape index (κ2) is 5.32. The Morgan fingerprint density at radius 3 is 2.56 bits per heavy atom. The maximum absolute atomic E-state index is 11.3. The molecule has 5 nitrogen and oxygen atoms in total. The third kappa shape index (κ3) is 2.48. The first-order valence-corrected chi connectivity index (χ1v) is 5.67. The summed E-state index contributed by atoms with van der Waals surface area (Å²) >= 11 is 0. The van der Waals surface area contributed by atoms with Crippen molar-refractivity contribution in [1.82, 2.24) is 4.90 Å². The number of nitrogens with zero attached hydrogens (tertiary/aromatic N) is 2. The number of ether oxygens (including phenoxy) is 1. The molecule has 0 saturated carbocycles. The normalized spacial score (nSPS) is 14.7. The van der Waals surface area contributed by atoms with Gasteiger partial charge in [0.25, 0.3) is 0 Å². The van der Waals surface area contributed by atoms with E-state index < -0.39 is 0 Å². The average Bonchev–Trinajstić information content (AvgIpc) is 2.71. The molecule has 18 heavy (non-hydrogen) atoms. The van der Waals surface area contributed by atoms with Gasteiger partial charge in [-0.1, -0.05) is 12.1 Å². The van der Waals surface area contributed by atoms with E-state index >= 15 is 0 Å². The Balaban J connectivity index is 1.91. The van der Waals surface area contributed by atoms with Gasteiger partial charge in [-0.25, -0.2) is 0 Å². The predicted molar refractivity (Wildman–Crippen MR) is 62.6 cm³/mol. The lowest BCUT2D eigenvalue weighted by Gasteiger charge is -2.14. The SMILES string of the molecule is N#Cc1ccccc1OCCN1C(=O)CCC1=O. The van der Waals surface area contributed by atoms with Crippen LogP contribution in [0.1, 0.15) is 18.4 Å². The molecule has 0 unspecified atom stereocenters. The highest BCUT2D eigenvalue weighted by atomic mass is 16.5. The Kier molecular flexibility index (Phi) is 3.58. The molecule has 1 saturated heterocycles. The predicted octanol–water partition coefficient (Wildman–Crippen LogP) is 1.09. The fourth-order valence-electron chi connectivity index (χ4n) is 1.80. The first-order valence-electron chi connectivity index (χ1n) is 5.67. The van der Waals surface area contributed by atoms with Crippen LogP contribution in [0.4, 0.5) is 0 Å². The third-order valence-corrected chi connectivity index (χ3v) is 2.73. The number of hydrogen-bond donors (Lipinski definition) is 0. The van der Waals surface area contributed by atoms with Crippen molar-refractivity contribution in [3.05, 3.63) is 29.8 Å². The molecule has 1 aliphatic heterocycles. The smallest absolute Gasteiger partial charge is 0.229 e. The van der Waals surface area contributed by atoms with E-state index in [1.54, 1.807) is 24.3 Å². The molecule has 1 aromatic carbocycles. The maximum Gasteiger partial charge on any atom is 0.229 e. The van der Waals surface area contributed by atoms with Gasteiger partial charge in [0.15, 0.2) is 0 Å². The largest absolute Gasteiger partial charge is 0.490 e. The van der Waals surface area contributed by atoms with Crippen molar-refractivity contribution in [2.75, 3.05) is 13.2 Å². The molecular formula is C13H12N2O3. The molecule has 2 rings (SSSR count). The van der Waals surface area contributed by atoms with Crippen molar-refractivity contribution < 1.29 is 14.3 Å². The minimum Gasteiger partial charge on any atom is -0.490 e. The lowest BCUT2D eigenvalue weighted by atomic mass is 10.2. The van der Waals surface area contributed by atoms with Crippen molar-refractivity contribution in [1.29, 1.82) is 5.26 Å². The number of para-hydroxylation sites is 1. The first-order chi connectivity index (χ1) is 8.72. The van der Waals surface area contributed by atoms with Crippen molar-refractivity contribution in [2.45, 2.75) is 12.8 Å². The van der Waals surface area contributed by atoms with Gasteiger partial charge in [0.1, 0.15) is 18.4 Å². The summed E-state index contributed by atoms with van der Waals surface area (Å²) < 4.78 is 5.42. The number of hydrogen-bond acceptors (Lipinski definition) is 4. The highest BCUT2D eigenvalue weighted by Gasteiger charge is 2.28. The van der Waals surface area contributed by atoms with Crippen molar-refractivity contribution in [3.63, 3.8) is 0 Å². The minimum absolute atomic E-state index is 0.155. The third-order valence-electron chi connectivity index (χ3n) is 2.73. The lowest BCUT2D eigenvalue weighted by molar-refractivity contribution is -0.138. The molecule has 92 valence electrons. The summed E-state index contributed by atoms with van der Waals surface area (Å²) in [4.78, 5) is 23.9. The molecule has 1 fully saturated rings. The van der Waals surface area contributed by atoms with Gasteiger partial charge in [0.2, 0.25) is 11.8 Å². The number of carbonyl (C=O) groups is 2. The number of amides is 2. The molecular weight excluding hydrogens is 232 g/mol. The van der Waals surface area contributed by atoms with E-state index in [1.807, 2.05) is 6.07 Å². The quantitative estimate of drug-likeness (QED) is 0.743. The highest BCUT2D eigenvalue weighted by Crippen LogP contribution is 2.17. The Morgan fingerprint density at radius 1 is 1.22 bits per heavy atom. The van der Waals surface area contributed by atoms with E-state index in [2.05, 4.69) is 0 Å². The van der Waals surface area contributed by atoms with Crippen LogP contribution in [-0.4, -0.2) is 29.9 Å². The zero-order valence-corrected chi connectivity index (χ0v) is 9.76. The summed E-state index contributed by atoms with van der Waals surface area (Å²) in [5.41, 5.74) is 0.441. The van der Waals surface area contributed by atoms with E-state index in [0.717, 1.165) is 0 Å². The number of rotatable bonds is 4. The molecule has 0 aromatic heterocycles. The summed E-state index contributed by atoms with van der Waals surface area (Å²) in [7, 11) is 0. The van der Waals surface area contributed by atoms with Crippen LogP contribution in [0.3, 0.4) is 0 Å². The summed E-state index contributed by atoms with van der Waals surface area (Å²) in [5.74, 6) is 0.161. The Morgan fingerprint density at radius 2 is 1.89 bits per heavy atom. The van der Waals surface area contributed by atoms with E-state index in [0.29, 0.717) is 11.3 Å². The second-order valence-electron chi connectivity index (χ2n) is 3.90. The standard InChI is InChI=1S/C13H12N2O3/c14-9-10-3-1-2-4-11(10)18-8-7-15-12(16)5-6-13(15)17/h1-4H,5-8H2. The number of benzene rings is 1. The molecule has 0 radical (unpaired) electrons. The van der Waals surface area contributed by atoms with Gasteiger partial charge < -0.3 is 4.74 Å². The molecule has 2 amide bonds. The van der Waals surface area contributed by atoms with Crippen molar-refractivity contribution in [2.24, 2.45) is 0 Å². The summed E-state index contributed by atoms with van der Waals surface area (Å²) in [5, 5.41) is 8.86. The fourth-order valence-corrected chi connectivity index (χ4v) is 1.80. The van der Waals surface area contributed by atoms with Crippen LogP contribution >= 0.6 is 0 Å². The zero-order chi connectivity index (χ0) is 13.0. The van der Waals surface area contributed by atoms with E-state index in [9.17, 15) is 9.59 Å². The second-order valence-corrected chi connectivity index (χ2v) is 3.90. The van der Waals surface area contributed by atoms with Crippen LogP contribution in [0.25, 0.3) is 0 Å². The number of nitriles is 1. The summed E-state index contributed by atoms with van der Waals surface area (Å²) in [6.45, 7) is 0.438. The number of carbonyl (C=O) groups excluding carboxylic acids is 2. The summed E-state index contributed by atoms with van der Waals surface area (Å²) in [6, 6.07) is 8.88.